The highest BCUT2D eigenvalue weighted by molar-refractivity contribution is 5.75. The molecule has 0 spiro atoms. The topological polar surface area (TPSA) is 70.6 Å². The van der Waals surface area contributed by atoms with Gasteiger partial charge in [0.1, 0.15) is 5.75 Å². The summed E-state index contributed by atoms with van der Waals surface area (Å²) in [5.41, 5.74) is 4.10. The molecule has 0 saturated carbocycles. The summed E-state index contributed by atoms with van der Waals surface area (Å²) in [5, 5.41) is 16.0. The number of carbonyl (C=O) groups is 1. The average molecular weight is 340 g/mol. The molecule has 0 saturated heterocycles. The van der Waals surface area contributed by atoms with E-state index in [0.717, 1.165) is 28.0 Å². The highest BCUT2D eigenvalue weighted by atomic mass is 16.5. The van der Waals surface area contributed by atoms with E-state index in [4.69, 9.17) is 4.74 Å². The van der Waals surface area contributed by atoms with Gasteiger partial charge >= 0.3 is 6.03 Å². The van der Waals surface area contributed by atoms with Crippen LogP contribution >= 0.6 is 0 Å². The molecule has 132 valence electrons. The fourth-order valence-corrected chi connectivity index (χ4v) is 3.21. The van der Waals surface area contributed by atoms with E-state index in [1.807, 2.05) is 56.3 Å². The Labute approximate surface area is 148 Å². The van der Waals surface area contributed by atoms with Crippen molar-refractivity contribution in [3.63, 3.8) is 0 Å². The molecule has 5 heteroatoms. The minimum atomic E-state index is -0.596. The molecular weight excluding hydrogens is 316 g/mol. The first-order valence-corrected chi connectivity index (χ1v) is 8.61. The maximum absolute atomic E-state index is 12.3. The number of benzene rings is 2. The second-order valence-corrected chi connectivity index (χ2v) is 6.32. The van der Waals surface area contributed by atoms with Crippen LogP contribution in [0.4, 0.5) is 4.79 Å². The third-order valence-corrected chi connectivity index (χ3v) is 4.45. The van der Waals surface area contributed by atoms with Gasteiger partial charge in [0.2, 0.25) is 0 Å². The molecule has 2 aromatic carbocycles. The highest BCUT2D eigenvalue weighted by Gasteiger charge is 2.31. The summed E-state index contributed by atoms with van der Waals surface area (Å²) >= 11 is 0. The van der Waals surface area contributed by atoms with Gasteiger partial charge in [-0.15, -0.1) is 0 Å². The Bertz CT molecular complexity index is 760. The third-order valence-electron chi connectivity index (χ3n) is 4.45. The van der Waals surface area contributed by atoms with E-state index in [9.17, 15) is 9.90 Å². The lowest BCUT2D eigenvalue weighted by Gasteiger charge is -2.19. The number of urea groups is 1. The monoisotopic (exact) mass is 340 g/mol. The number of amides is 2. The van der Waals surface area contributed by atoms with Crippen LogP contribution in [-0.2, 0) is 13.0 Å². The van der Waals surface area contributed by atoms with Crippen LogP contribution in [0.1, 0.15) is 35.2 Å². The van der Waals surface area contributed by atoms with Gasteiger partial charge in [0, 0.05) is 18.5 Å². The van der Waals surface area contributed by atoms with Crippen molar-refractivity contribution in [2.75, 3.05) is 6.61 Å². The van der Waals surface area contributed by atoms with Crippen molar-refractivity contribution < 1.29 is 14.6 Å². The maximum Gasteiger partial charge on any atom is 0.315 e. The Kier molecular flexibility index (Phi) is 5.24. The predicted molar refractivity (Wildman–Crippen MR) is 96.6 cm³/mol. The van der Waals surface area contributed by atoms with Crippen LogP contribution in [0.2, 0.25) is 0 Å². The summed E-state index contributed by atoms with van der Waals surface area (Å²) < 4.78 is 5.64. The molecule has 1 aliphatic rings. The quantitative estimate of drug-likeness (QED) is 0.784. The number of hydrogen-bond donors (Lipinski definition) is 3. The molecule has 0 bridgehead atoms. The van der Waals surface area contributed by atoms with Crippen molar-refractivity contribution in [1.29, 1.82) is 0 Å². The number of aliphatic hydroxyl groups is 1. The van der Waals surface area contributed by atoms with Gasteiger partial charge in [-0.05, 0) is 36.6 Å². The summed E-state index contributed by atoms with van der Waals surface area (Å²) in [4.78, 5) is 12.3. The molecule has 25 heavy (non-hydrogen) atoms. The van der Waals surface area contributed by atoms with Gasteiger partial charge in [-0.2, -0.15) is 0 Å². The molecule has 3 rings (SSSR count). The molecule has 1 aliphatic carbocycles. The molecule has 0 heterocycles. The van der Waals surface area contributed by atoms with Gasteiger partial charge in [-0.1, -0.05) is 36.4 Å². The number of aryl methyl sites for hydroxylation is 1. The number of aliphatic hydroxyl groups excluding tert-OH is 1. The van der Waals surface area contributed by atoms with Crippen LogP contribution in [0.25, 0.3) is 0 Å². The number of ether oxygens (including phenoxy) is 1. The Morgan fingerprint density at radius 3 is 2.88 bits per heavy atom. The molecular formula is C20H24N2O3. The molecule has 0 fully saturated rings. The van der Waals surface area contributed by atoms with Crippen molar-refractivity contribution in [3.05, 3.63) is 64.7 Å². The van der Waals surface area contributed by atoms with E-state index in [2.05, 4.69) is 10.6 Å². The summed E-state index contributed by atoms with van der Waals surface area (Å²) in [7, 11) is 0. The van der Waals surface area contributed by atoms with Crippen molar-refractivity contribution in [2.24, 2.45) is 0 Å². The fourth-order valence-electron chi connectivity index (χ4n) is 3.21. The van der Waals surface area contributed by atoms with Gasteiger partial charge < -0.3 is 20.5 Å². The Morgan fingerprint density at radius 1 is 1.28 bits per heavy atom. The summed E-state index contributed by atoms with van der Waals surface area (Å²) in [6.07, 6.45) is -0.0328. The molecule has 0 aliphatic heterocycles. The predicted octanol–water partition coefficient (Wildman–Crippen LogP) is 2.85. The standard InChI is InChI=1S/C20H24N2O3/c1-3-25-18-10-13(2)8-9-15(18)12-21-20(24)22-19-16-7-5-4-6-14(16)11-17(19)23/h4-10,17,19,23H,3,11-12H2,1-2H3,(H2,21,22,24)/t17-,19+/m0/s1. The lowest BCUT2D eigenvalue weighted by molar-refractivity contribution is 0.142. The first-order valence-electron chi connectivity index (χ1n) is 8.61. The van der Waals surface area contributed by atoms with Gasteiger partial charge in [-0.25, -0.2) is 4.79 Å². The number of nitrogens with one attached hydrogen (secondary N) is 2. The largest absolute Gasteiger partial charge is 0.494 e. The minimum Gasteiger partial charge on any atom is -0.494 e. The van der Waals surface area contributed by atoms with Crippen LogP contribution in [0.15, 0.2) is 42.5 Å². The Balaban J connectivity index is 1.62. The second-order valence-electron chi connectivity index (χ2n) is 6.32. The lowest BCUT2D eigenvalue weighted by Crippen LogP contribution is -2.40. The number of carbonyl (C=O) groups excluding carboxylic acids is 1. The molecule has 5 nitrogen and oxygen atoms in total. The normalized spacial score (nSPS) is 18.5. The van der Waals surface area contributed by atoms with E-state index < -0.39 is 6.10 Å². The zero-order valence-corrected chi connectivity index (χ0v) is 14.6. The first-order chi connectivity index (χ1) is 12.1. The van der Waals surface area contributed by atoms with Gasteiger partial charge in [0.25, 0.3) is 0 Å². The summed E-state index contributed by atoms with van der Waals surface area (Å²) in [6, 6.07) is 13.0. The molecule has 0 radical (unpaired) electrons. The van der Waals surface area contributed by atoms with Crippen LogP contribution in [-0.4, -0.2) is 23.8 Å². The molecule has 2 aromatic rings. The highest BCUT2D eigenvalue weighted by Crippen LogP contribution is 2.31. The van der Waals surface area contributed by atoms with Crippen molar-refractivity contribution in [3.8, 4) is 5.75 Å². The first kappa shape index (κ1) is 17.3. The zero-order valence-electron chi connectivity index (χ0n) is 14.6. The van der Waals surface area contributed by atoms with Crippen LogP contribution in [0, 0.1) is 6.92 Å². The maximum atomic E-state index is 12.3. The second kappa shape index (κ2) is 7.57. The molecule has 0 unspecified atom stereocenters. The van der Waals surface area contributed by atoms with Gasteiger partial charge in [0.15, 0.2) is 0 Å². The van der Waals surface area contributed by atoms with Crippen LogP contribution in [0.3, 0.4) is 0 Å². The van der Waals surface area contributed by atoms with E-state index in [1.54, 1.807) is 0 Å². The molecule has 0 aromatic heterocycles. The van der Waals surface area contributed by atoms with Crippen molar-refractivity contribution in [1.82, 2.24) is 10.6 Å². The summed E-state index contributed by atoms with van der Waals surface area (Å²) in [5.74, 6) is 0.786. The van der Waals surface area contributed by atoms with Crippen LogP contribution in [0.5, 0.6) is 5.75 Å². The van der Waals surface area contributed by atoms with E-state index in [-0.39, 0.29) is 12.1 Å². The van der Waals surface area contributed by atoms with E-state index in [0.29, 0.717) is 19.6 Å². The van der Waals surface area contributed by atoms with Gasteiger partial charge in [-0.3, -0.25) is 0 Å². The Morgan fingerprint density at radius 2 is 2.08 bits per heavy atom. The van der Waals surface area contributed by atoms with Crippen molar-refractivity contribution >= 4 is 6.03 Å². The fraction of sp³-hybridized carbons (Fsp3) is 0.350. The SMILES string of the molecule is CCOc1cc(C)ccc1CNC(=O)N[C@@H]1c2ccccc2C[C@@H]1O. The van der Waals surface area contributed by atoms with Gasteiger partial charge in [0.05, 0.1) is 18.8 Å². The van der Waals surface area contributed by atoms with E-state index >= 15 is 0 Å². The average Bonchev–Trinajstić information content (AvgIpc) is 2.90. The smallest absolute Gasteiger partial charge is 0.315 e. The summed E-state index contributed by atoms with van der Waals surface area (Å²) in [6.45, 7) is 4.89. The van der Waals surface area contributed by atoms with E-state index in [1.165, 1.54) is 0 Å². The Hall–Kier alpha value is -2.53. The number of fused-ring (bicyclic) bond motifs is 1. The molecule has 3 N–H and O–H groups in total. The molecule has 2 amide bonds. The van der Waals surface area contributed by atoms with Crippen LogP contribution < -0.4 is 15.4 Å². The third kappa shape index (κ3) is 3.94. The minimum absolute atomic E-state index is 0.302. The van der Waals surface area contributed by atoms with Crippen molar-refractivity contribution in [2.45, 2.75) is 39.0 Å². The number of hydrogen-bond acceptors (Lipinski definition) is 3. The zero-order chi connectivity index (χ0) is 17.8. The lowest BCUT2D eigenvalue weighted by atomic mass is 10.1. The molecule has 2 atom stereocenters. The number of rotatable bonds is 5.